The van der Waals surface area contributed by atoms with Crippen molar-refractivity contribution in [3.05, 3.63) is 28.8 Å². The number of nitriles is 1. The fourth-order valence-corrected chi connectivity index (χ4v) is 2.81. The summed E-state index contributed by atoms with van der Waals surface area (Å²) in [6, 6.07) is 7.16. The minimum Gasteiger partial charge on any atom is -0.388 e. The van der Waals surface area contributed by atoms with Gasteiger partial charge in [-0.3, -0.25) is 4.79 Å². The zero-order valence-corrected chi connectivity index (χ0v) is 11.7. The highest BCUT2D eigenvalue weighted by molar-refractivity contribution is 6.32. The molecule has 1 unspecified atom stereocenters. The van der Waals surface area contributed by atoms with Gasteiger partial charge in [0.15, 0.2) is 0 Å². The molecule has 1 aliphatic heterocycles. The van der Waals surface area contributed by atoms with Crippen molar-refractivity contribution < 1.29 is 9.90 Å². The molecule has 0 aromatic heterocycles. The summed E-state index contributed by atoms with van der Waals surface area (Å²) in [5.41, 5.74) is 5.33. The van der Waals surface area contributed by atoms with E-state index in [1.807, 2.05) is 11.0 Å². The zero-order chi connectivity index (χ0) is 14.8. The van der Waals surface area contributed by atoms with Crippen LogP contribution < -0.4 is 10.6 Å². The minimum absolute atomic E-state index is 0.0481. The number of primary amides is 1. The van der Waals surface area contributed by atoms with Gasteiger partial charge >= 0.3 is 0 Å². The molecule has 0 aliphatic carbocycles. The Morgan fingerprint density at radius 2 is 2.35 bits per heavy atom. The number of amides is 1. The Kier molecular flexibility index (Phi) is 4.17. The highest BCUT2D eigenvalue weighted by Crippen LogP contribution is 2.30. The van der Waals surface area contributed by atoms with E-state index < -0.39 is 11.5 Å². The van der Waals surface area contributed by atoms with E-state index in [1.165, 1.54) is 0 Å². The van der Waals surface area contributed by atoms with E-state index >= 15 is 0 Å². The first kappa shape index (κ1) is 14.6. The molecule has 0 saturated carbocycles. The van der Waals surface area contributed by atoms with Gasteiger partial charge < -0.3 is 15.7 Å². The summed E-state index contributed by atoms with van der Waals surface area (Å²) in [7, 11) is 0. The SMILES string of the molecule is N#Cc1ccc(N2CCCC(O)(CC(N)=O)C2)cc1Cl. The Morgan fingerprint density at radius 1 is 1.60 bits per heavy atom. The molecule has 1 aliphatic rings. The molecule has 1 aromatic carbocycles. The maximum absolute atomic E-state index is 11.0. The summed E-state index contributed by atoms with van der Waals surface area (Å²) >= 11 is 6.02. The molecule has 1 atom stereocenters. The van der Waals surface area contributed by atoms with Crippen LogP contribution in [0.15, 0.2) is 18.2 Å². The predicted octanol–water partition coefficient (Wildman–Crippen LogP) is 1.42. The third-order valence-corrected chi connectivity index (χ3v) is 3.81. The summed E-state index contributed by atoms with van der Waals surface area (Å²) in [5, 5.41) is 19.7. The first-order valence-electron chi connectivity index (χ1n) is 6.39. The summed E-state index contributed by atoms with van der Waals surface area (Å²) < 4.78 is 0. The number of carbonyl (C=O) groups excluding carboxylic acids is 1. The van der Waals surface area contributed by atoms with Crippen LogP contribution >= 0.6 is 11.6 Å². The molecule has 1 amide bonds. The first-order valence-corrected chi connectivity index (χ1v) is 6.77. The van der Waals surface area contributed by atoms with E-state index in [-0.39, 0.29) is 6.42 Å². The van der Waals surface area contributed by atoms with Crippen LogP contribution in [0.1, 0.15) is 24.8 Å². The van der Waals surface area contributed by atoms with E-state index in [4.69, 9.17) is 22.6 Å². The summed E-state index contributed by atoms with van der Waals surface area (Å²) in [6.45, 7) is 1.10. The van der Waals surface area contributed by atoms with Gasteiger partial charge in [0.05, 0.1) is 22.6 Å². The van der Waals surface area contributed by atoms with Gasteiger partial charge in [-0.1, -0.05) is 11.6 Å². The van der Waals surface area contributed by atoms with E-state index in [9.17, 15) is 9.90 Å². The fraction of sp³-hybridized carbons (Fsp3) is 0.429. The average Bonchev–Trinajstić information content (AvgIpc) is 2.37. The molecule has 0 radical (unpaired) electrons. The van der Waals surface area contributed by atoms with Crippen LogP contribution in [-0.4, -0.2) is 29.7 Å². The summed E-state index contributed by atoms with van der Waals surface area (Å²) in [5.74, 6) is -0.507. The number of nitrogens with two attached hydrogens (primary N) is 1. The Morgan fingerprint density at radius 3 is 2.95 bits per heavy atom. The number of hydrogen-bond acceptors (Lipinski definition) is 4. The molecule has 5 nitrogen and oxygen atoms in total. The van der Waals surface area contributed by atoms with Gasteiger partial charge in [0.25, 0.3) is 0 Å². The van der Waals surface area contributed by atoms with Crippen molar-refractivity contribution in [3.63, 3.8) is 0 Å². The average molecular weight is 294 g/mol. The largest absolute Gasteiger partial charge is 0.388 e. The van der Waals surface area contributed by atoms with Crippen LogP contribution in [0.3, 0.4) is 0 Å². The molecule has 0 bridgehead atoms. The number of benzene rings is 1. The lowest BCUT2D eigenvalue weighted by atomic mass is 9.89. The molecule has 3 N–H and O–H groups in total. The van der Waals surface area contributed by atoms with Crippen molar-refractivity contribution in [1.29, 1.82) is 5.26 Å². The second-order valence-electron chi connectivity index (χ2n) is 5.17. The van der Waals surface area contributed by atoms with Gasteiger partial charge in [0, 0.05) is 18.8 Å². The summed E-state index contributed by atoms with van der Waals surface area (Å²) in [4.78, 5) is 13.0. The zero-order valence-electron chi connectivity index (χ0n) is 11.0. The fourth-order valence-electron chi connectivity index (χ4n) is 2.59. The maximum Gasteiger partial charge on any atom is 0.220 e. The van der Waals surface area contributed by atoms with Crippen LogP contribution in [0.5, 0.6) is 0 Å². The number of hydrogen-bond donors (Lipinski definition) is 2. The third kappa shape index (κ3) is 3.21. The molecule has 1 aromatic rings. The van der Waals surface area contributed by atoms with Crippen molar-refractivity contribution >= 4 is 23.2 Å². The van der Waals surface area contributed by atoms with Crippen LogP contribution in [0.4, 0.5) is 5.69 Å². The number of piperidine rings is 1. The Hall–Kier alpha value is -1.77. The monoisotopic (exact) mass is 293 g/mol. The minimum atomic E-state index is -1.09. The summed E-state index contributed by atoms with van der Waals surface area (Å²) in [6.07, 6.45) is 1.27. The highest BCUT2D eigenvalue weighted by Gasteiger charge is 2.34. The van der Waals surface area contributed by atoms with Crippen molar-refractivity contribution in [1.82, 2.24) is 0 Å². The van der Waals surface area contributed by atoms with Gasteiger partial charge in [0.1, 0.15) is 6.07 Å². The quantitative estimate of drug-likeness (QED) is 0.882. The Balaban J connectivity index is 2.19. The van der Waals surface area contributed by atoms with Gasteiger partial charge in [0.2, 0.25) is 5.91 Å². The molecule has 2 rings (SSSR count). The molecule has 20 heavy (non-hydrogen) atoms. The lowest BCUT2D eigenvalue weighted by Crippen LogP contribution is -2.50. The Bertz CT molecular complexity index is 570. The smallest absolute Gasteiger partial charge is 0.220 e. The van der Waals surface area contributed by atoms with E-state index in [1.54, 1.807) is 18.2 Å². The maximum atomic E-state index is 11.0. The topological polar surface area (TPSA) is 90.3 Å². The second kappa shape index (κ2) is 5.70. The molecule has 1 fully saturated rings. The molecular formula is C14H16ClN3O2. The van der Waals surface area contributed by atoms with Crippen molar-refractivity contribution in [3.8, 4) is 6.07 Å². The number of aliphatic hydroxyl groups is 1. The van der Waals surface area contributed by atoms with Crippen LogP contribution in [0, 0.1) is 11.3 Å². The highest BCUT2D eigenvalue weighted by atomic mass is 35.5. The van der Waals surface area contributed by atoms with Crippen molar-refractivity contribution in [2.75, 3.05) is 18.0 Å². The number of anilines is 1. The number of halogens is 1. The number of nitrogens with zero attached hydrogens (tertiary/aromatic N) is 2. The molecule has 1 saturated heterocycles. The van der Waals surface area contributed by atoms with Gasteiger partial charge in [-0.25, -0.2) is 0 Å². The number of carbonyl (C=O) groups is 1. The predicted molar refractivity (Wildman–Crippen MR) is 76.4 cm³/mol. The third-order valence-electron chi connectivity index (χ3n) is 3.50. The molecule has 1 heterocycles. The molecule has 106 valence electrons. The van der Waals surface area contributed by atoms with Crippen molar-refractivity contribution in [2.45, 2.75) is 24.9 Å². The Labute approximate surface area is 122 Å². The van der Waals surface area contributed by atoms with Gasteiger partial charge in [-0.2, -0.15) is 5.26 Å². The molecule has 6 heteroatoms. The van der Waals surface area contributed by atoms with E-state index in [0.29, 0.717) is 23.6 Å². The van der Waals surface area contributed by atoms with Crippen LogP contribution in [0.2, 0.25) is 5.02 Å². The van der Waals surface area contributed by atoms with Crippen LogP contribution in [0.25, 0.3) is 0 Å². The first-order chi connectivity index (χ1) is 9.43. The van der Waals surface area contributed by atoms with E-state index in [0.717, 1.165) is 18.7 Å². The number of rotatable bonds is 3. The second-order valence-corrected chi connectivity index (χ2v) is 5.58. The number of β-amino-alcohol motifs (C(OH)–C–C–N with tert-alkyl or cyclic N) is 1. The lowest BCUT2D eigenvalue weighted by molar-refractivity contribution is -0.123. The standard InChI is InChI=1S/C14H16ClN3O2/c15-12-6-11(3-2-10(12)8-16)18-5-1-4-14(20,9-18)7-13(17)19/h2-3,6,20H,1,4-5,7,9H2,(H2,17,19). The normalized spacial score (nSPS) is 22.4. The lowest BCUT2D eigenvalue weighted by Gasteiger charge is -2.40. The van der Waals surface area contributed by atoms with Gasteiger partial charge in [-0.15, -0.1) is 0 Å². The van der Waals surface area contributed by atoms with Gasteiger partial charge in [-0.05, 0) is 31.0 Å². The van der Waals surface area contributed by atoms with Crippen molar-refractivity contribution in [2.24, 2.45) is 5.73 Å². The van der Waals surface area contributed by atoms with Crippen LogP contribution in [-0.2, 0) is 4.79 Å². The molecule has 0 spiro atoms. The van der Waals surface area contributed by atoms with E-state index in [2.05, 4.69) is 0 Å². The molecular weight excluding hydrogens is 278 g/mol.